The number of anilines is 1. The minimum atomic E-state index is -4.59. The number of benzene rings is 4. The van der Waals surface area contributed by atoms with Gasteiger partial charge in [-0.1, -0.05) is 66.2 Å². The normalized spacial score (nSPS) is 17.3. The van der Waals surface area contributed by atoms with Gasteiger partial charge in [0.2, 0.25) is 0 Å². The van der Waals surface area contributed by atoms with Crippen molar-refractivity contribution in [2.45, 2.75) is 50.1 Å². The predicted octanol–water partition coefficient (Wildman–Crippen LogP) is 8.51. The van der Waals surface area contributed by atoms with E-state index in [1.54, 1.807) is 39.6 Å². The third-order valence-electron chi connectivity index (χ3n) is 11.6. The maximum absolute atomic E-state index is 14.2. The molecule has 2 fully saturated rings. The maximum Gasteiger partial charge on any atom is 0.416 e. The number of aryl methyl sites for hydroxylation is 1. The third kappa shape index (κ3) is 8.22. The molecule has 7 nitrogen and oxygen atoms in total. The van der Waals surface area contributed by atoms with Gasteiger partial charge < -0.3 is 14.7 Å². The molecule has 0 N–H and O–H groups in total. The van der Waals surface area contributed by atoms with E-state index in [4.69, 9.17) is 0 Å². The number of aromatic nitrogens is 1. The Labute approximate surface area is 336 Å². The summed E-state index contributed by atoms with van der Waals surface area (Å²) in [5, 5.41) is 2.24. The van der Waals surface area contributed by atoms with Gasteiger partial charge in [-0.2, -0.15) is 26.3 Å². The number of likely N-dealkylation sites (tertiary alicyclic amines) is 1. The van der Waals surface area contributed by atoms with Gasteiger partial charge in [-0.15, -0.1) is 11.3 Å². The largest absolute Gasteiger partial charge is 0.416 e. The molecule has 5 aromatic rings. The predicted molar refractivity (Wildman–Crippen MR) is 210 cm³/mol. The van der Waals surface area contributed by atoms with Gasteiger partial charge in [-0.3, -0.25) is 14.5 Å². The topological polar surface area (TPSA) is 60.0 Å². The van der Waals surface area contributed by atoms with Gasteiger partial charge in [0.25, 0.3) is 11.8 Å². The van der Waals surface area contributed by atoms with E-state index in [2.05, 4.69) is 20.9 Å². The highest BCUT2D eigenvalue weighted by atomic mass is 32.1. The van der Waals surface area contributed by atoms with Crippen LogP contribution in [0.25, 0.3) is 0 Å². The van der Waals surface area contributed by atoms with Gasteiger partial charge in [0, 0.05) is 86.6 Å². The molecule has 58 heavy (non-hydrogen) atoms. The van der Waals surface area contributed by atoms with Crippen LogP contribution in [0.4, 0.5) is 32.0 Å². The van der Waals surface area contributed by atoms with Crippen molar-refractivity contribution in [3.05, 3.63) is 152 Å². The molecule has 3 aliphatic rings. The first-order valence-electron chi connectivity index (χ1n) is 19.1. The number of nitrogens with zero attached hydrogens (tertiary/aromatic N) is 5. The lowest BCUT2D eigenvalue weighted by Crippen LogP contribution is -2.64. The molecule has 4 heterocycles. The van der Waals surface area contributed by atoms with E-state index in [1.165, 1.54) is 23.5 Å². The third-order valence-corrected chi connectivity index (χ3v) is 12.3. The molecular formula is C44H41F6N5O2S. The Bertz CT molecular complexity index is 2240. The number of carbonyl (C=O) groups excluding carboxylic acids is 2. The molecule has 0 atom stereocenters. The van der Waals surface area contributed by atoms with Gasteiger partial charge in [-0.25, -0.2) is 4.98 Å². The summed E-state index contributed by atoms with van der Waals surface area (Å²) in [6.07, 6.45) is -7.38. The number of hydrogen-bond donors (Lipinski definition) is 0. The number of alkyl halides is 6. The van der Waals surface area contributed by atoms with Crippen LogP contribution >= 0.6 is 11.3 Å². The van der Waals surface area contributed by atoms with Crippen molar-refractivity contribution < 1.29 is 35.9 Å². The second kappa shape index (κ2) is 15.5. The fourth-order valence-electron chi connectivity index (χ4n) is 8.73. The summed E-state index contributed by atoms with van der Waals surface area (Å²) in [5.41, 5.74) is 2.11. The van der Waals surface area contributed by atoms with Crippen LogP contribution in [0.15, 0.2) is 103 Å². The van der Waals surface area contributed by atoms with E-state index in [9.17, 15) is 35.9 Å². The van der Waals surface area contributed by atoms with Gasteiger partial charge in [0.15, 0.2) is 5.01 Å². The van der Waals surface area contributed by atoms with Gasteiger partial charge >= 0.3 is 12.4 Å². The fourth-order valence-corrected chi connectivity index (χ4v) is 9.33. The molecule has 8 rings (SSSR count). The quantitative estimate of drug-likeness (QED) is 0.140. The van der Waals surface area contributed by atoms with Crippen LogP contribution in [0, 0.1) is 6.92 Å². The SMILES string of the molecule is Cc1cccc(CN2CC(Cc3cccc(C(F)(F)F)c3)(Cc3cccc(C(F)(F)F)c3)c3cc(C(=O)N4CC(N5CCN(C(=O)c6nccs6)CC5)C4)ccc32)c1. The van der Waals surface area contributed by atoms with E-state index in [0.29, 0.717) is 79.6 Å². The molecule has 2 amide bonds. The molecule has 0 bridgehead atoms. The summed E-state index contributed by atoms with van der Waals surface area (Å²) >= 11 is 1.32. The summed E-state index contributed by atoms with van der Waals surface area (Å²) in [5.74, 6) is -0.271. The average molecular weight is 818 g/mol. The summed E-state index contributed by atoms with van der Waals surface area (Å²) in [6, 6.07) is 23.7. The lowest BCUT2D eigenvalue weighted by atomic mass is 9.72. The zero-order chi connectivity index (χ0) is 40.8. The Morgan fingerprint density at radius 2 is 1.36 bits per heavy atom. The highest BCUT2D eigenvalue weighted by Crippen LogP contribution is 2.47. The second-order valence-corrected chi connectivity index (χ2v) is 16.5. The molecule has 302 valence electrons. The van der Waals surface area contributed by atoms with Crippen molar-refractivity contribution in [2.24, 2.45) is 0 Å². The van der Waals surface area contributed by atoms with Gasteiger partial charge in [-0.05, 0) is 72.4 Å². The second-order valence-electron chi connectivity index (χ2n) is 15.6. The molecule has 14 heteroatoms. The maximum atomic E-state index is 14.2. The zero-order valence-corrected chi connectivity index (χ0v) is 32.5. The van der Waals surface area contributed by atoms with Crippen molar-refractivity contribution in [1.82, 2.24) is 19.7 Å². The Hall–Kier alpha value is -5.21. The van der Waals surface area contributed by atoms with E-state index in [-0.39, 0.29) is 30.7 Å². The number of halogens is 6. The van der Waals surface area contributed by atoms with Crippen LogP contribution in [0.2, 0.25) is 0 Å². The zero-order valence-electron chi connectivity index (χ0n) is 31.7. The molecule has 4 aromatic carbocycles. The van der Waals surface area contributed by atoms with Crippen LogP contribution in [0.1, 0.15) is 59.1 Å². The molecule has 3 aliphatic heterocycles. The number of fused-ring (bicyclic) bond motifs is 1. The number of carbonyl (C=O) groups is 2. The van der Waals surface area contributed by atoms with Gasteiger partial charge in [0.1, 0.15) is 0 Å². The first-order chi connectivity index (χ1) is 27.6. The monoisotopic (exact) mass is 817 g/mol. The first-order valence-corrected chi connectivity index (χ1v) is 20.0. The lowest BCUT2D eigenvalue weighted by Gasteiger charge is -2.48. The van der Waals surface area contributed by atoms with Crippen LogP contribution in [-0.2, 0) is 37.2 Å². The fraction of sp³-hybridized carbons (Fsp3) is 0.341. The van der Waals surface area contributed by atoms with Gasteiger partial charge in [0.05, 0.1) is 11.1 Å². The van der Waals surface area contributed by atoms with E-state index < -0.39 is 28.9 Å². The molecule has 1 aromatic heterocycles. The van der Waals surface area contributed by atoms with E-state index in [0.717, 1.165) is 41.1 Å². The molecule has 0 aliphatic carbocycles. The number of piperazine rings is 1. The minimum Gasteiger partial charge on any atom is -0.366 e. The van der Waals surface area contributed by atoms with Crippen LogP contribution < -0.4 is 4.90 Å². The highest BCUT2D eigenvalue weighted by Gasteiger charge is 2.45. The number of rotatable bonds is 9. The average Bonchev–Trinajstić information content (AvgIpc) is 3.81. The Kier molecular flexibility index (Phi) is 10.6. The van der Waals surface area contributed by atoms with Crippen molar-refractivity contribution in [3.8, 4) is 0 Å². The van der Waals surface area contributed by atoms with Crippen molar-refractivity contribution in [2.75, 3.05) is 50.7 Å². The minimum absolute atomic E-state index is 0.0775. The molecule has 0 saturated carbocycles. The highest BCUT2D eigenvalue weighted by molar-refractivity contribution is 7.11. The number of hydrogen-bond acceptors (Lipinski definition) is 6. The molecule has 2 saturated heterocycles. The standard InChI is InChI=1S/C44H41F6N5O2S/c1-29-5-2-8-32(19-29)25-55-28-42(23-30-6-3-9-34(20-30)43(45,46)47,24-31-7-4-10-35(21-31)44(48,49)50)37-22-33(11-12-38(37)55)40(56)54-26-36(27-54)52-14-16-53(17-15-52)41(57)39-51-13-18-58-39/h2-13,18-22,36H,14-17,23-28H2,1H3. The summed E-state index contributed by atoms with van der Waals surface area (Å²) < 4.78 is 83.9. The molecule has 0 radical (unpaired) electrons. The summed E-state index contributed by atoms with van der Waals surface area (Å²) in [6.45, 7) is 6.19. The number of amides is 2. The lowest BCUT2D eigenvalue weighted by molar-refractivity contribution is -0.138. The smallest absolute Gasteiger partial charge is 0.366 e. The van der Waals surface area contributed by atoms with E-state index in [1.807, 2.05) is 37.3 Å². The van der Waals surface area contributed by atoms with Crippen LogP contribution in [0.5, 0.6) is 0 Å². The summed E-state index contributed by atoms with van der Waals surface area (Å²) in [7, 11) is 0. The molecule has 0 spiro atoms. The molecule has 0 unspecified atom stereocenters. The Balaban J connectivity index is 1.10. The van der Waals surface area contributed by atoms with Crippen molar-refractivity contribution in [3.63, 3.8) is 0 Å². The Morgan fingerprint density at radius 3 is 1.95 bits per heavy atom. The van der Waals surface area contributed by atoms with E-state index >= 15 is 0 Å². The Morgan fingerprint density at radius 1 is 0.741 bits per heavy atom. The van der Waals surface area contributed by atoms with Crippen LogP contribution in [-0.4, -0.2) is 83.4 Å². The number of thiazole rings is 1. The summed E-state index contributed by atoms with van der Waals surface area (Å²) in [4.78, 5) is 39.1. The van der Waals surface area contributed by atoms with Crippen molar-refractivity contribution >= 4 is 28.8 Å². The van der Waals surface area contributed by atoms with Crippen LogP contribution in [0.3, 0.4) is 0 Å². The first kappa shape index (κ1) is 39.6. The van der Waals surface area contributed by atoms with Crippen molar-refractivity contribution in [1.29, 1.82) is 0 Å². The molecular weight excluding hydrogens is 777 g/mol.